The van der Waals surface area contributed by atoms with E-state index < -0.39 is 32.4 Å². The lowest BCUT2D eigenvalue weighted by atomic mass is 9.95. The molecule has 4 N–H and O–H groups in total. The largest absolute Gasteiger partial charge is 0.469 e. The van der Waals surface area contributed by atoms with Crippen LogP contribution < -0.4 is 0 Å². The van der Waals surface area contributed by atoms with E-state index in [4.69, 9.17) is 14.9 Å². The highest BCUT2D eigenvalue weighted by Gasteiger charge is 2.37. The molecule has 0 saturated carbocycles. The van der Waals surface area contributed by atoms with E-state index in [1.807, 2.05) is 0 Å². The number of rotatable bonds is 18. The van der Waals surface area contributed by atoms with Crippen LogP contribution in [-0.4, -0.2) is 44.6 Å². The second-order valence-electron chi connectivity index (χ2n) is 7.00. The molecule has 8 heteroatoms. The highest BCUT2D eigenvalue weighted by molar-refractivity contribution is 7.46. The summed E-state index contributed by atoms with van der Waals surface area (Å²) in [5, 5.41) is 19.1. The van der Waals surface area contributed by atoms with Gasteiger partial charge in [0.05, 0.1) is 13.2 Å². The van der Waals surface area contributed by atoms with Crippen LogP contribution in [0.15, 0.2) is 12.2 Å². The third-order valence-corrected chi connectivity index (χ3v) is 4.88. The normalized spacial score (nSPS) is 14.6. The summed E-state index contributed by atoms with van der Waals surface area (Å²) in [4.78, 5) is 29.2. The summed E-state index contributed by atoms with van der Waals surface area (Å²) in [7, 11) is -4.80. The van der Waals surface area contributed by atoms with Crippen LogP contribution in [0.5, 0.6) is 0 Å². The van der Waals surface area contributed by atoms with Crippen LogP contribution in [0.3, 0.4) is 0 Å². The van der Waals surface area contributed by atoms with E-state index in [9.17, 15) is 14.5 Å². The van der Waals surface area contributed by atoms with Gasteiger partial charge in [0.25, 0.3) is 0 Å². The van der Waals surface area contributed by atoms with Gasteiger partial charge in [-0.05, 0) is 32.1 Å². The van der Waals surface area contributed by atoms with Gasteiger partial charge in [-0.1, -0.05) is 57.6 Å². The zero-order valence-corrected chi connectivity index (χ0v) is 17.4. The number of hydrogen-bond acceptors (Lipinski definition) is 5. The molecular formula is C19H37O7P. The number of phosphoric acid groups is 1. The van der Waals surface area contributed by atoms with Crippen LogP contribution in [0.2, 0.25) is 0 Å². The predicted octanol–water partition coefficient (Wildman–Crippen LogP) is 3.65. The summed E-state index contributed by atoms with van der Waals surface area (Å²) < 4.78 is 14.8. The smallest absolute Gasteiger partial charge is 0.393 e. The van der Waals surface area contributed by atoms with Crippen molar-refractivity contribution in [1.29, 1.82) is 0 Å². The monoisotopic (exact) mass is 408 g/mol. The molecule has 27 heavy (non-hydrogen) atoms. The fourth-order valence-electron chi connectivity index (χ4n) is 2.64. The Balaban J connectivity index is 3.74. The van der Waals surface area contributed by atoms with Crippen LogP contribution in [0.4, 0.5) is 0 Å². The van der Waals surface area contributed by atoms with Gasteiger partial charge in [-0.15, -0.1) is 0 Å². The minimum absolute atomic E-state index is 0.0409. The van der Waals surface area contributed by atoms with E-state index in [-0.39, 0.29) is 6.42 Å². The number of ketones is 1. The minimum Gasteiger partial charge on any atom is -0.393 e. The summed E-state index contributed by atoms with van der Waals surface area (Å²) in [6.07, 6.45) is 16.4. The first-order chi connectivity index (χ1) is 12.7. The summed E-state index contributed by atoms with van der Waals surface area (Å²) >= 11 is 0. The average molecular weight is 408 g/mol. The molecule has 1 unspecified atom stereocenters. The maximum absolute atomic E-state index is 12.0. The molecule has 0 bridgehead atoms. The number of phosphoric ester groups is 1. The SMILES string of the molecule is CCCCCC/C=C\CCCCCCCC(=O)C(O)(CO)COP(=O)(O)O. The summed E-state index contributed by atoms with van der Waals surface area (Å²) in [6.45, 7) is 0.355. The lowest BCUT2D eigenvalue weighted by Crippen LogP contribution is -2.46. The van der Waals surface area contributed by atoms with E-state index in [0.717, 1.165) is 38.5 Å². The Morgan fingerprint density at radius 1 is 0.963 bits per heavy atom. The Bertz CT molecular complexity index is 461. The molecule has 0 aromatic carbocycles. The Labute approximate surface area is 163 Å². The molecule has 0 spiro atoms. The lowest BCUT2D eigenvalue weighted by molar-refractivity contribution is -0.146. The van der Waals surface area contributed by atoms with E-state index in [1.54, 1.807) is 0 Å². The van der Waals surface area contributed by atoms with Crippen molar-refractivity contribution in [1.82, 2.24) is 0 Å². The van der Waals surface area contributed by atoms with Crippen molar-refractivity contribution in [3.63, 3.8) is 0 Å². The second kappa shape index (κ2) is 15.4. The van der Waals surface area contributed by atoms with Crippen molar-refractivity contribution in [2.24, 2.45) is 0 Å². The molecule has 0 aromatic heterocycles. The van der Waals surface area contributed by atoms with Crippen LogP contribution in [-0.2, 0) is 13.9 Å². The van der Waals surface area contributed by atoms with Gasteiger partial charge in [-0.25, -0.2) is 4.57 Å². The standard InChI is InChI=1S/C19H37O7P/c1-2-3-4-5-6-7-8-9-10-11-12-13-14-15-18(21)19(22,16-20)17-26-27(23,24)25/h7-8,20,22H,2-6,9-17H2,1H3,(H2,23,24,25)/b8-7-. The molecule has 1 atom stereocenters. The van der Waals surface area contributed by atoms with Crippen LogP contribution in [0, 0.1) is 0 Å². The number of unbranched alkanes of at least 4 members (excludes halogenated alkanes) is 9. The van der Waals surface area contributed by atoms with Crippen molar-refractivity contribution >= 4 is 13.6 Å². The van der Waals surface area contributed by atoms with Crippen molar-refractivity contribution < 1.29 is 33.9 Å². The molecule has 0 aliphatic heterocycles. The number of carbonyl (C=O) groups is 1. The van der Waals surface area contributed by atoms with Crippen molar-refractivity contribution in [3.8, 4) is 0 Å². The number of hydrogen-bond donors (Lipinski definition) is 4. The van der Waals surface area contributed by atoms with Gasteiger partial charge in [0.2, 0.25) is 0 Å². The predicted molar refractivity (Wildman–Crippen MR) is 105 cm³/mol. The van der Waals surface area contributed by atoms with Gasteiger partial charge in [-0.3, -0.25) is 9.32 Å². The Morgan fingerprint density at radius 2 is 1.48 bits per heavy atom. The molecule has 0 radical (unpaired) electrons. The van der Waals surface area contributed by atoms with Gasteiger partial charge in [0.1, 0.15) is 0 Å². The molecular weight excluding hydrogens is 371 g/mol. The molecule has 0 aliphatic rings. The molecule has 7 nitrogen and oxygen atoms in total. The van der Waals surface area contributed by atoms with Gasteiger partial charge >= 0.3 is 7.82 Å². The van der Waals surface area contributed by atoms with Crippen LogP contribution in [0.25, 0.3) is 0 Å². The number of Topliss-reactive ketones (excluding diaryl/α,β-unsaturated/α-hetero) is 1. The first kappa shape index (κ1) is 26.4. The molecule has 0 saturated heterocycles. The highest BCUT2D eigenvalue weighted by atomic mass is 31.2. The average Bonchev–Trinajstić information content (AvgIpc) is 2.62. The van der Waals surface area contributed by atoms with Crippen molar-refractivity contribution in [2.75, 3.05) is 13.2 Å². The first-order valence-corrected chi connectivity index (χ1v) is 11.5. The fourth-order valence-corrected chi connectivity index (χ4v) is 3.02. The van der Waals surface area contributed by atoms with E-state index in [0.29, 0.717) is 6.42 Å². The Hall–Kier alpha value is -0.560. The number of allylic oxidation sites excluding steroid dienone is 2. The maximum atomic E-state index is 12.0. The summed E-state index contributed by atoms with van der Waals surface area (Å²) in [6, 6.07) is 0. The van der Waals surface area contributed by atoms with Crippen LogP contribution >= 0.6 is 7.82 Å². The molecule has 0 rings (SSSR count). The molecule has 0 amide bonds. The van der Waals surface area contributed by atoms with Gasteiger partial charge in [-0.2, -0.15) is 0 Å². The topological polar surface area (TPSA) is 124 Å². The minimum atomic E-state index is -4.80. The lowest BCUT2D eigenvalue weighted by Gasteiger charge is -2.24. The highest BCUT2D eigenvalue weighted by Crippen LogP contribution is 2.37. The third-order valence-electron chi connectivity index (χ3n) is 4.42. The van der Waals surface area contributed by atoms with E-state index in [2.05, 4.69) is 23.6 Å². The molecule has 0 aromatic rings. The molecule has 160 valence electrons. The number of aliphatic hydroxyl groups excluding tert-OH is 1. The zero-order valence-electron chi connectivity index (χ0n) is 16.5. The van der Waals surface area contributed by atoms with Crippen molar-refractivity contribution in [2.45, 2.75) is 89.6 Å². The fraction of sp³-hybridized carbons (Fsp3) is 0.842. The van der Waals surface area contributed by atoms with E-state index >= 15 is 0 Å². The van der Waals surface area contributed by atoms with Crippen LogP contribution in [0.1, 0.15) is 84.0 Å². The quantitative estimate of drug-likeness (QED) is 0.155. The maximum Gasteiger partial charge on any atom is 0.469 e. The van der Waals surface area contributed by atoms with E-state index in [1.165, 1.54) is 25.7 Å². The van der Waals surface area contributed by atoms with Gasteiger partial charge < -0.3 is 20.0 Å². The molecule has 0 heterocycles. The Kier molecular flexibility index (Phi) is 15.1. The molecule has 0 fully saturated rings. The Morgan fingerprint density at radius 3 is 2.00 bits per heavy atom. The van der Waals surface area contributed by atoms with Gasteiger partial charge in [0.15, 0.2) is 11.4 Å². The summed E-state index contributed by atoms with van der Waals surface area (Å²) in [5.74, 6) is -0.663. The summed E-state index contributed by atoms with van der Waals surface area (Å²) in [5.41, 5.74) is -2.26. The second-order valence-corrected chi connectivity index (χ2v) is 8.24. The molecule has 0 aliphatic carbocycles. The number of aliphatic hydroxyl groups is 2. The number of carbonyl (C=O) groups excluding carboxylic acids is 1. The zero-order chi connectivity index (χ0) is 20.6. The van der Waals surface area contributed by atoms with Crippen molar-refractivity contribution in [3.05, 3.63) is 12.2 Å². The van der Waals surface area contributed by atoms with Gasteiger partial charge in [0, 0.05) is 6.42 Å². The first-order valence-electron chi connectivity index (χ1n) is 9.97. The third kappa shape index (κ3) is 15.1.